The van der Waals surface area contributed by atoms with Gasteiger partial charge in [-0.3, -0.25) is 0 Å². The van der Waals surface area contributed by atoms with Crippen LogP contribution in [0.3, 0.4) is 0 Å². The first-order valence-electron chi connectivity index (χ1n) is 6.66. The lowest BCUT2D eigenvalue weighted by molar-refractivity contribution is 0.224. The van der Waals surface area contributed by atoms with Gasteiger partial charge in [0.05, 0.1) is 18.3 Å². The van der Waals surface area contributed by atoms with E-state index in [9.17, 15) is 14.3 Å². The van der Waals surface area contributed by atoms with E-state index in [1.807, 2.05) is 30.3 Å². The largest absolute Gasteiger partial charge is 0.394 e. The normalized spacial score (nSPS) is 11.7. The molecule has 2 aromatic carbocycles. The first-order valence-corrected chi connectivity index (χ1v) is 6.66. The maximum atomic E-state index is 13.4. The number of amides is 2. The minimum absolute atomic E-state index is 0.103. The Labute approximate surface area is 122 Å². The predicted octanol–water partition coefficient (Wildman–Crippen LogP) is 2.55. The second kappa shape index (κ2) is 7.40. The van der Waals surface area contributed by atoms with Crippen molar-refractivity contribution in [2.24, 2.45) is 0 Å². The van der Waals surface area contributed by atoms with Crippen molar-refractivity contribution in [3.05, 3.63) is 66.0 Å². The van der Waals surface area contributed by atoms with Crippen LogP contribution in [0.2, 0.25) is 0 Å². The zero-order chi connectivity index (χ0) is 15.1. The van der Waals surface area contributed by atoms with Crippen molar-refractivity contribution in [3.63, 3.8) is 0 Å². The van der Waals surface area contributed by atoms with Crippen molar-refractivity contribution < 1.29 is 14.3 Å². The fourth-order valence-electron chi connectivity index (χ4n) is 1.97. The van der Waals surface area contributed by atoms with Crippen molar-refractivity contribution in [1.82, 2.24) is 5.32 Å². The van der Waals surface area contributed by atoms with E-state index in [4.69, 9.17) is 0 Å². The van der Waals surface area contributed by atoms with E-state index < -0.39 is 17.9 Å². The average molecular weight is 288 g/mol. The highest BCUT2D eigenvalue weighted by Gasteiger charge is 2.13. The third kappa shape index (κ3) is 4.57. The summed E-state index contributed by atoms with van der Waals surface area (Å²) in [6.45, 7) is -0.195. The summed E-state index contributed by atoms with van der Waals surface area (Å²) in [5.41, 5.74) is 1.11. The van der Waals surface area contributed by atoms with E-state index in [1.54, 1.807) is 12.1 Å². The van der Waals surface area contributed by atoms with Gasteiger partial charge in [-0.2, -0.15) is 0 Å². The third-order valence-corrected chi connectivity index (χ3v) is 3.00. The molecule has 0 aliphatic rings. The topological polar surface area (TPSA) is 61.4 Å². The molecule has 2 rings (SSSR count). The molecule has 4 nitrogen and oxygen atoms in total. The summed E-state index contributed by atoms with van der Waals surface area (Å²) in [5.74, 6) is -0.503. The molecule has 0 aliphatic heterocycles. The van der Waals surface area contributed by atoms with Crippen LogP contribution in [-0.2, 0) is 6.42 Å². The van der Waals surface area contributed by atoms with Crippen molar-refractivity contribution in [2.45, 2.75) is 12.5 Å². The lowest BCUT2D eigenvalue weighted by Crippen LogP contribution is -2.41. The molecule has 0 aliphatic carbocycles. The van der Waals surface area contributed by atoms with Gasteiger partial charge in [0, 0.05) is 0 Å². The predicted molar refractivity (Wildman–Crippen MR) is 79.6 cm³/mol. The molecule has 0 spiro atoms. The zero-order valence-corrected chi connectivity index (χ0v) is 11.4. The molecule has 3 N–H and O–H groups in total. The van der Waals surface area contributed by atoms with Gasteiger partial charge in [-0.25, -0.2) is 9.18 Å². The number of rotatable bonds is 5. The third-order valence-electron chi connectivity index (χ3n) is 3.00. The molecule has 0 aromatic heterocycles. The highest BCUT2D eigenvalue weighted by Crippen LogP contribution is 2.12. The Hall–Kier alpha value is -2.40. The van der Waals surface area contributed by atoms with Crippen LogP contribution >= 0.6 is 0 Å². The van der Waals surface area contributed by atoms with Gasteiger partial charge < -0.3 is 15.7 Å². The van der Waals surface area contributed by atoms with Gasteiger partial charge in [0.2, 0.25) is 0 Å². The minimum Gasteiger partial charge on any atom is -0.394 e. The summed E-state index contributed by atoms with van der Waals surface area (Å²) in [5, 5.41) is 14.4. The molecule has 2 aromatic rings. The summed E-state index contributed by atoms with van der Waals surface area (Å²) in [6.07, 6.45) is 0.502. The summed E-state index contributed by atoms with van der Waals surface area (Å²) < 4.78 is 13.4. The number of hydrogen-bond donors (Lipinski definition) is 3. The van der Waals surface area contributed by atoms with Gasteiger partial charge in [0.25, 0.3) is 0 Å². The quantitative estimate of drug-likeness (QED) is 0.792. The van der Waals surface area contributed by atoms with Gasteiger partial charge in [-0.15, -0.1) is 0 Å². The van der Waals surface area contributed by atoms with Crippen molar-refractivity contribution in [3.8, 4) is 0 Å². The van der Waals surface area contributed by atoms with Crippen LogP contribution < -0.4 is 10.6 Å². The van der Waals surface area contributed by atoms with Crippen LogP contribution in [0.15, 0.2) is 54.6 Å². The van der Waals surface area contributed by atoms with Gasteiger partial charge in [-0.05, 0) is 24.1 Å². The number of aliphatic hydroxyl groups excluding tert-OH is 1. The Bertz CT molecular complexity index is 590. The maximum absolute atomic E-state index is 13.4. The van der Waals surface area contributed by atoms with Crippen LogP contribution in [0.4, 0.5) is 14.9 Å². The van der Waals surface area contributed by atoms with Crippen LogP contribution in [0, 0.1) is 5.82 Å². The Balaban J connectivity index is 1.92. The Morgan fingerprint density at radius 1 is 1.10 bits per heavy atom. The van der Waals surface area contributed by atoms with Crippen molar-refractivity contribution in [2.75, 3.05) is 11.9 Å². The van der Waals surface area contributed by atoms with Crippen LogP contribution in [0.25, 0.3) is 0 Å². The van der Waals surface area contributed by atoms with E-state index in [-0.39, 0.29) is 12.3 Å². The molecule has 2 amide bonds. The molecule has 1 atom stereocenters. The molecule has 0 bridgehead atoms. The Kier molecular flexibility index (Phi) is 5.29. The van der Waals surface area contributed by atoms with Gasteiger partial charge in [-0.1, -0.05) is 42.5 Å². The second-order valence-corrected chi connectivity index (χ2v) is 4.65. The SMILES string of the molecule is O=C(Nc1ccccc1F)N[C@@H](CO)Cc1ccccc1. The highest BCUT2D eigenvalue weighted by molar-refractivity contribution is 5.89. The fraction of sp³-hybridized carbons (Fsp3) is 0.188. The smallest absolute Gasteiger partial charge is 0.319 e. The van der Waals surface area contributed by atoms with Gasteiger partial charge in [0.15, 0.2) is 0 Å². The monoisotopic (exact) mass is 288 g/mol. The van der Waals surface area contributed by atoms with Crippen molar-refractivity contribution >= 4 is 11.7 Å². The van der Waals surface area contributed by atoms with Gasteiger partial charge >= 0.3 is 6.03 Å². The van der Waals surface area contributed by atoms with E-state index >= 15 is 0 Å². The molecule has 0 radical (unpaired) electrons. The van der Waals surface area contributed by atoms with E-state index in [0.717, 1.165) is 5.56 Å². The first kappa shape index (κ1) is 15.0. The molecular formula is C16H17FN2O2. The number of urea groups is 1. The molecule has 5 heteroatoms. The molecule has 0 unspecified atom stereocenters. The van der Waals surface area contributed by atoms with Crippen molar-refractivity contribution in [1.29, 1.82) is 0 Å². The molecule has 0 saturated carbocycles. The standard InChI is InChI=1S/C16H17FN2O2/c17-14-8-4-5-9-15(14)19-16(21)18-13(11-20)10-12-6-2-1-3-7-12/h1-9,13,20H,10-11H2,(H2,18,19,21)/t13-/m1/s1. The number of halogens is 1. The Morgan fingerprint density at radius 2 is 1.76 bits per heavy atom. The summed E-state index contributed by atoms with van der Waals surface area (Å²) >= 11 is 0. The molecule has 21 heavy (non-hydrogen) atoms. The number of benzene rings is 2. The second-order valence-electron chi connectivity index (χ2n) is 4.65. The zero-order valence-electron chi connectivity index (χ0n) is 11.4. The number of carbonyl (C=O) groups is 1. The molecular weight excluding hydrogens is 271 g/mol. The number of hydrogen-bond acceptors (Lipinski definition) is 2. The lowest BCUT2D eigenvalue weighted by atomic mass is 10.1. The highest BCUT2D eigenvalue weighted by atomic mass is 19.1. The number of carbonyl (C=O) groups excluding carboxylic acids is 1. The number of aliphatic hydroxyl groups is 1. The minimum atomic E-state index is -0.546. The lowest BCUT2D eigenvalue weighted by Gasteiger charge is -2.17. The van der Waals surface area contributed by atoms with Crippen LogP contribution in [0.1, 0.15) is 5.56 Å². The first-order chi connectivity index (χ1) is 10.2. The number of para-hydroxylation sites is 1. The van der Waals surface area contributed by atoms with Crippen LogP contribution in [0.5, 0.6) is 0 Å². The molecule has 110 valence electrons. The number of anilines is 1. The fourth-order valence-corrected chi connectivity index (χ4v) is 1.97. The van der Waals surface area contributed by atoms with E-state index in [0.29, 0.717) is 6.42 Å². The maximum Gasteiger partial charge on any atom is 0.319 e. The number of nitrogens with one attached hydrogen (secondary N) is 2. The van der Waals surface area contributed by atoms with E-state index in [1.165, 1.54) is 12.1 Å². The summed E-state index contributed by atoms with van der Waals surface area (Å²) in [6, 6.07) is 14.5. The van der Waals surface area contributed by atoms with Crippen LogP contribution in [-0.4, -0.2) is 23.8 Å². The molecule has 0 heterocycles. The molecule has 0 fully saturated rings. The Morgan fingerprint density at radius 3 is 2.43 bits per heavy atom. The molecule has 0 saturated heterocycles. The van der Waals surface area contributed by atoms with Gasteiger partial charge in [0.1, 0.15) is 5.82 Å². The summed E-state index contributed by atoms with van der Waals surface area (Å²) in [4.78, 5) is 11.8. The average Bonchev–Trinajstić information content (AvgIpc) is 2.50. The van der Waals surface area contributed by atoms with E-state index in [2.05, 4.69) is 10.6 Å². The summed E-state index contributed by atoms with van der Waals surface area (Å²) in [7, 11) is 0.